The molecule has 4 aliphatic rings. The molecular formula is C33H22BrCl2FN2O8. The number of carboxylic acids is 1. The number of phenolic OH excluding ortho intramolecular Hbond substituents is 1. The molecule has 10 nitrogen and oxygen atoms in total. The molecule has 2 aliphatic carbocycles. The van der Waals surface area contributed by atoms with Crippen LogP contribution >= 0.6 is 39.1 Å². The number of amides is 4. The maximum atomic E-state index is 14.4. The van der Waals surface area contributed by atoms with E-state index < -0.39 is 80.1 Å². The normalized spacial score (nSPS) is 29.8. The molecular weight excluding hydrogens is 722 g/mol. The Balaban J connectivity index is 1.39. The van der Waals surface area contributed by atoms with Gasteiger partial charge in [0.25, 0.3) is 11.8 Å². The van der Waals surface area contributed by atoms with Crippen LogP contribution in [0, 0.1) is 23.6 Å². The van der Waals surface area contributed by atoms with Crippen molar-refractivity contribution in [3.05, 3.63) is 93.7 Å². The third kappa shape index (κ3) is 4.24. The first-order chi connectivity index (χ1) is 22.2. The monoisotopic (exact) mass is 742 g/mol. The van der Waals surface area contributed by atoms with E-state index in [0.717, 1.165) is 34.1 Å². The molecule has 0 bridgehead atoms. The van der Waals surface area contributed by atoms with Gasteiger partial charge in [-0.1, -0.05) is 27.6 Å². The van der Waals surface area contributed by atoms with Crippen molar-refractivity contribution in [3.63, 3.8) is 0 Å². The number of phenols is 2. The van der Waals surface area contributed by atoms with E-state index in [1.165, 1.54) is 30.3 Å². The first kappa shape index (κ1) is 31.3. The molecule has 240 valence electrons. The average Bonchev–Trinajstić information content (AvgIpc) is 3.36. The molecule has 7 rings (SSSR count). The number of aromatic hydroxyl groups is 2. The molecule has 3 fully saturated rings. The van der Waals surface area contributed by atoms with Crippen molar-refractivity contribution in [1.82, 2.24) is 0 Å². The minimum atomic E-state index is -2.22. The number of alkyl halides is 2. The summed E-state index contributed by atoms with van der Waals surface area (Å²) in [4.78, 5) is 65.3. The van der Waals surface area contributed by atoms with Crippen LogP contribution in [0.25, 0.3) is 0 Å². The zero-order valence-corrected chi connectivity index (χ0v) is 27.0. The molecule has 47 heavy (non-hydrogen) atoms. The lowest BCUT2D eigenvalue weighted by Crippen LogP contribution is -2.60. The van der Waals surface area contributed by atoms with Gasteiger partial charge in [0, 0.05) is 22.0 Å². The van der Waals surface area contributed by atoms with E-state index in [4.69, 9.17) is 23.2 Å². The molecule has 0 aromatic heterocycles. The SMILES string of the molecule is O=C(O)c1ccc(N2C(=O)[C@H]3[C@H](CC=C4[C@H]3C[C@@]3(Cl)C(=O)N(c5ccc(F)cc5)C(=O)[C@@]3(Cl)[C@H]4c3cc(Br)ccc3O)C2=O)cc1O. The van der Waals surface area contributed by atoms with Crippen LogP contribution in [-0.2, 0) is 19.2 Å². The van der Waals surface area contributed by atoms with Crippen LogP contribution in [0.15, 0.2) is 76.8 Å². The number of carboxylic acid groups (broad SMARTS) is 1. The van der Waals surface area contributed by atoms with E-state index in [2.05, 4.69) is 15.9 Å². The Kier molecular flexibility index (Phi) is 7.09. The molecule has 6 atom stereocenters. The van der Waals surface area contributed by atoms with Crippen LogP contribution in [0.3, 0.4) is 0 Å². The van der Waals surface area contributed by atoms with E-state index in [1.54, 1.807) is 12.1 Å². The maximum Gasteiger partial charge on any atom is 0.339 e. The number of aromatic carboxylic acids is 1. The van der Waals surface area contributed by atoms with Crippen LogP contribution in [0.2, 0.25) is 0 Å². The van der Waals surface area contributed by atoms with Crippen LogP contribution in [-0.4, -0.2) is 54.7 Å². The van der Waals surface area contributed by atoms with E-state index in [-0.39, 0.29) is 35.5 Å². The maximum absolute atomic E-state index is 14.4. The van der Waals surface area contributed by atoms with Gasteiger partial charge < -0.3 is 15.3 Å². The highest BCUT2D eigenvalue weighted by Crippen LogP contribution is 2.66. The van der Waals surface area contributed by atoms with Gasteiger partial charge in [-0.25, -0.2) is 19.0 Å². The summed E-state index contributed by atoms with van der Waals surface area (Å²) in [6.45, 7) is 0. The number of carbonyl (C=O) groups is 5. The third-order valence-corrected chi connectivity index (χ3v) is 11.6. The smallest absolute Gasteiger partial charge is 0.339 e. The molecule has 0 radical (unpaired) electrons. The Morgan fingerprint density at radius 1 is 0.851 bits per heavy atom. The first-order valence-electron chi connectivity index (χ1n) is 14.4. The minimum Gasteiger partial charge on any atom is -0.508 e. The van der Waals surface area contributed by atoms with E-state index in [0.29, 0.717) is 10.0 Å². The fourth-order valence-corrected chi connectivity index (χ4v) is 8.90. The Hall–Kier alpha value is -4.26. The summed E-state index contributed by atoms with van der Waals surface area (Å²) in [5.74, 6) is -10.2. The lowest BCUT2D eigenvalue weighted by molar-refractivity contribution is -0.125. The zero-order chi connectivity index (χ0) is 33.7. The number of hydrogen-bond acceptors (Lipinski definition) is 7. The predicted molar refractivity (Wildman–Crippen MR) is 170 cm³/mol. The number of carbonyl (C=O) groups excluding carboxylic acids is 4. The van der Waals surface area contributed by atoms with Crippen molar-refractivity contribution in [1.29, 1.82) is 0 Å². The van der Waals surface area contributed by atoms with Crippen LogP contribution in [0.1, 0.15) is 34.7 Å². The molecule has 2 heterocycles. The highest BCUT2D eigenvalue weighted by Gasteiger charge is 2.77. The van der Waals surface area contributed by atoms with Crippen molar-refractivity contribution in [2.45, 2.75) is 28.5 Å². The molecule has 14 heteroatoms. The van der Waals surface area contributed by atoms with Gasteiger partial charge in [0.2, 0.25) is 11.8 Å². The molecule has 1 saturated carbocycles. The molecule has 4 amide bonds. The van der Waals surface area contributed by atoms with Gasteiger partial charge in [-0.3, -0.25) is 19.2 Å². The number of hydrogen-bond donors (Lipinski definition) is 3. The number of rotatable bonds is 4. The Labute approximate surface area is 284 Å². The van der Waals surface area contributed by atoms with Gasteiger partial charge in [0.15, 0.2) is 9.75 Å². The summed E-state index contributed by atoms with van der Waals surface area (Å²) in [6.07, 6.45) is 1.39. The molecule has 2 saturated heterocycles. The van der Waals surface area contributed by atoms with Crippen molar-refractivity contribution in [2.75, 3.05) is 9.80 Å². The molecule has 2 aliphatic heterocycles. The van der Waals surface area contributed by atoms with Crippen molar-refractivity contribution >= 4 is 80.1 Å². The molecule has 3 aromatic carbocycles. The highest BCUT2D eigenvalue weighted by atomic mass is 79.9. The van der Waals surface area contributed by atoms with Gasteiger partial charge in [0.1, 0.15) is 22.9 Å². The van der Waals surface area contributed by atoms with Gasteiger partial charge in [-0.15, -0.1) is 23.2 Å². The summed E-state index contributed by atoms with van der Waals surface area (Å²) in [6, 6.07) is 12.4. The van der Waals surface area contributed by atoms with E-state index in [1.807, 2.05) is 0 Å². The molecule has 3 N–H and O–H groups in total. The second-order valence-corrected chi connectivity index (χ2v) is 14.1. The van der Waals surface area contributed by atoms with Crippen molar-refractivity contribution in [2.24, 2.45) is 17.8 Å². The number of anilines is 2. The fourth-order valence-electron chi connectivity index (χ4n) is 7.60. The molecule has 0 unspecified atom stereocenters. The Bertz CT molecular complexity index is 1990. The summed E-state index contributed by atoms with van der Waals surface area (Å²) in [7, 11) is 0. The quantitative estimate of drug-likeness (QED) is 0.181. The Morgan fingerprint density at radius 2 is 1.53 bits per heavy atom. The van der Waals surface area contributed by atoms with Crippen molar-refractivity contribution in [3.8, 4) is 11.5 Å². The van der Waals surface area contributed by atoms with Gasteiger partial charge in [0.05, 0.1) is 23.2 Å². The largest absolute Gasteiger partial charge is 0.508 e. The third-order valence-electron chi connectivity index (χ3n) is 9.67. The second-order valence-electron chi connectivity index (χ2n) is 12.0. The number of fused-ring (bicyclic) bond motifs is 4. The average molecular weight is 744 g/mol. The summed E-state index contributed by atoms with van der Waals surface area (Å²) >= 11 is 18.0. The first-order valence-corrected chi connectivity index (χ1v) is 15.9. The number of allylic oxidation sites excluding steroid dienone is 2. The fraction of sp³-hybridized carbons (Fsp3) is 0.242. The summed E-state index contributed by atoms with van der Waals surface area (Å²) < 4.78 is 14.3. The predicted octanol–water partition coefficient (Wildman–Crippen LogP) is 5.47. The topological polar surface area (TPSA) is 153 Å². The summed E-state index contributed by atoms with van der Waals surface area (Å²) in [5.41, 5.74) is 0.137. The lowest BCUT2D eigenvalue weighted by atomic mass is 9.56. The zero-order valence-electron chi connectivity index (χ0n) is 23.9. The lowest BCUT2D eigenvalue weighted by Gasteiger charge is -2.50. The number of halogens is 4. The summed E-state index contributed by atoms with van der Waals surface area (Å²) in [5, 5.41) is 30.7. The van der Waals surface area contributed by atoms with Crippen molar-refractivity contribution < 1.29 is 43.7 Å². The number of imide groups is 2. The van der Waals surface area contributed by atoms with Crippen LogP contribution in [0.5, 0.6) is 11.5 Å². The molecule has 3 aromatic rings. The van der Waals surface area contributed by atoms with Crippen LogP contribution in [0.4, 0.5) is 15.8 Å². The minimum absolute atomic E-state index is 0.0193. The van der Waals surface area contributed by atoms with Gasteiger partial charge in [-0.05, 0) is 73.4 Å². The highest BCUT2D eigenvalue weighted by molar-refractivity contribution is 9.10. The molecule has 0 spiro atoms. The van der Waals surface area contributed by atoms with E-state index >= 15 is 0 Å². The van der Waals surface area contributed by atoms with Crippen LogP contribution < -0.4 is 9.80 Å². The Morgan fingerprint density at radius 3 is 2.19 bits per heavy atom. The number of benzene rings is 3. The number of nitrogens with zero attached hydrogens (tertiary/aromatic N) is 2. The van der Waals surface area contributed by atoms with Gasteiger partial charge in [-0.2, -0.15) is 0 Å². The second kappa shape index (κ2) is 10.6. The van der Waals surface area contributed by atoms with Gasteiger partial charge >= 0.3 is 5.97 Å². The van der Waals surface area contributed by atoms with E-state index in [9.17, 15) is 43.7 Å². The standard InChI is InChI=1S/C33H22BrCl2FN2O8/c34-14-1-10-23(40)21(11-14)26-18-8-9-20-25(28(43)38(27(20)42)17-6-7-19(29(44)45)24(41)12-17)22(18)13-32(35)30(46)39(31(47)33(26,32)36)16-4-2-15(37)3-5-16/h1-8,10-12,20,22,25-26,40-41H,9,13H2,(H,44,45)/t20-,22+,25-,26+,32+,33-/m0/s1.